The molecule has 4 aromatic rings. The van der Waals surface area contributed by atoms with Crippen molar-refractivity contribution in [1.82, 2.24) is 0 Å². The summed E-state index contributed by atoms with van der Waals surface area (Å²) in [7, 11) is -1.15. The van der Waals surface area contributed by atoms with Gasteiger partial charge >= 0.3 is 0 Å². The molecule has 0 fully saturated rings. The third-order valence-electron chi connectivity index (χ3n) is 7.58. The molecule has 0 amide bonds. The molecule has 0 heterocycles. The third kappa shape index (κ3) is 6.74. The first-order valence-corrected chi connectivity index (χ1v) is 15.7. The number of aromatic hydroxyl groups is 1. The highest BCUT2D eigenvalue weighted by Crippen LogP contribution is 2.41. The first-order chi connectivity index (χ1) is 19.5. The predicted octanol–water partition coefficient (Wildman–Crippen LogP) is 8.84. The van der Waals surface area contributed by atoms with Crippen molar-refractivity contribution in [3.05, 3.63) is 130 Å². The van der Waals surface area contributed by atoms with Gasteiger partial charge in [-0.25, -0.2) is 0 Å². The van der Waals surface area contributed by atoms with Crippen molar-refractivity contribution in [3.8, 4) is 11.5 Å². The summed E-state index contributed by atoms with van der Waals surface area (Å²) >= 11 is 0. The third-order valence-corrected chi connectivity index (χ3v) is 9.12. The van der Waals surface area contributed by atoms with E-state index in [-0.39, 0.29) is 5.44 Å². The SMILES string of the molecule is CCCC[C@@H](Oc1ccc(C2=C(c3ccccc3)CCCc3cc(O)ccc32)cc1)S(=O)Cc1ccc(C)cc1. The summed E-state index contributed by atoms with van der Waals surface area (Å²) in [5.74, 6) is 1.54. The molecule has 1 N–H and O–H groups in total. The minimum absolute atomic E-state index is 0.307. The molecular weight excluding hydrogens is 512 g/mol. The van der Waals surface area contributed by atoms with E-state index in [1.807, 2.05) is 24.3 Å². The van der Waals surface area contributed by atoms with Crippen LogP contribution in [0.5, 0.6) is 11.5 Å². The number of phenolic OH excluding ortho intramolecular Hbond substituents is 1. The Morgan fingerprint density at radius 1 is 0.875 bits per heavy atom. The Morgan fingerprint density at radius 3 is 2.35 bits per heavy atom. The number of hydrogen-bond acceptors (Lipinski definition) is 3. The average molecular weight is 551 g/mol. The van der Waals surface area contributed by atoms with Gasteiger partial charge in [0.05, 0.1) is 16.6 Å². The van der Waals surface area contributed by atoms with Crippen LogP contribution in [0.3, 0.4) is 0 Å². The first kappa shape index (κ1) is 27.9. The highest BCUT2D eigenvalue weighted by molar-refractivity contribution is 7.84. The van der Waals surface area contributed by atoms with E-state index in [4.69, 9.17) is 4.74 Å². The lowest BCUT2D eigenvalue weighted by Gasteiger charge is -2.20. The van der Waals surface area contributed by atoms with Crippen LogP contribution in [0.4, 0.5) is 0 Å². The molecule has 2 atom stereocenters. The molecule has 1 unspecified atom stereocenters. The fraction of sp³-hybridized carbons (Fsp3) is 0.278. The van der Waals surface area contributed by atoms with E-state index in [0.29, 0.717) is 11.5 Å². The van der Waals surface area contributed by atoms with Crippen LogP contribution in [-0.4, -0.2) is 14.8 Å². The van der Waals surface area contributed by atoms with E-state index < -0.39 is 10.8 Å². The van der Waals surface area contributed by atoms with Crippen LogP contribution >= 0.6 is 0 Å². The Balaban J connectivity index is 1.45. The van der Waals surface area contributed by atoms with Crippen LogP contribution in [0, 0.1) is 6.92 Å². The molecule has 0 saturated carbocycles. The number of aryl methyl sites for hydroxylation is 2. The highest BCUT2D eigenvalue weighted by Gasteiger charge is 2.22. The lowest BCUT2D eigenvalue weighted by atomic mass is 9.88. The number of allylic oxidation sites excluding steroid dienone is 1. The molecule has 0 aromatic heterocycles. The normalized spacial score (nSPS) is 14.8. The van der Waals surface area contributed by atoms with Crippen molar-refractivity contribution in [3.63, 3.8) is 0 Å². The van der Waals surface area contributed by atoms with E-state index in [2.05, 4.69) is 80.6 Å². The van der Waals surface area contributed by atoms with Gasteiger partial charge in [0.1, 0.15) is 11.5 Å². The summed E-state index contributed by atoms with van der Waals surface area (Å²) in [6.45, 7) is 4.21. The molecule has 4 heteroatoms. The Bertz CT molecular complexity index is 1470. The Labute approximate surface area is 241 Å². The predicted molar refractivity (Wildman–Crippen MR) is 167 cm³/mol. The zero-order valence-electron chi connectivity index (χ0n) is 23.4. The Hall–Kier alpha value is -3.63. The fourth-order valence-corrected chi connectivity index (χ4v) is 6.79. The quantitative estimate of drug-likeness (QED) is 0.215. The molecule has 1 aliphatic rings. The van der Waals surface area contributed by atoms with Crippen molar-refractivity contribution < 1.29 is 14.1 Å². The number of unbranched alkanes of at least 4 members (excludes halogenated alkanes) is 1. The Morgan fingerprint density at radius 2 is 1.62 bits per heavy atom. The number of benzene rings is 4. The smallest absolute Gasteiger partial charge is 0.173 e. The van der Waals surface area contributed by atoms with Crippen LogP contribution < -0.4 is 4.74 Å². The topological polar surface area (TPSA) is 46.5 Å². The molecule has 3 nitrogen and oxygen atoms in total. The van der Waals surface area contributed by atoms with Crippen molar-refractivity contribution in [2.45, 2.75) is 63.6 Å². The van der Waals surface area contributed by atoms with Gasteiger partial charge in [-0.3, -0.25) is 4.21 Å². The lowest BCUT2D eigenvalue weighted by Crippen LogP contribution is -2.23. The van der Waals surface area contributed by atoms with Crippen LogP contribution in [-0.2, 0) is 23.0 Å². The van der Waals surface area contributed by atoms with Gasteiger partial charge in [0.15, 0.2) is 5.44 Å². The monoisotopic (exact) mass is 550 g/mol. The molecule has 0 bridgehead atoms. The van der Waals surface area contributed by atoms with Gasteiger partial charge in [-0.05, 0) is 102 Å². The molecule has 206 valence electrons. The number of rotatable bonds is 10. The van der Waals surface area contributed by atoms with Crippen molar-refractivity contribution >= 4 is 21.9 Å². The van der Waals surface area contributed by atoms with Crippen molar-refractivity contribution in [2.24, 2.45) is 0 Å². The highest BCUT2D eigenvalue weighted by atomic mass is 32.2. The second-order valence-electron chi connectivity index (χ2n) is 10.6. The first-order valence-electron chi connectivity index (χ1n) is 14.3. The standard InChI is InChI=1S/C36H38O3S/c1-3-4-13-35(40(38)25-27-16-14-26(2)15-17-27)39-32-21-18-29(19-22-32)36-33(28-9-6-5-7-10-28)12-8-11-30-24-31(37)20-23-34(30)36/h5-7,9-10,14-24,35,37H,3-4,8,11-13,25H2,1-2H3/t35-,40?/m0/s1. The van der Waals surface area contributed by atoms with Gasteiger partial charge < -0.3 is 9.84 Å². The summed E-state index contributed by atoms with van der Waals surface area (Å²) in [5, 5.41) is 10.2. The van der Waals surface area contributed by atoms with Gasteiger partial charge in [0.2, 0.25) is 0 Å². The summed E-state index contributed by atoms with van der Waals surface area (Å²) in [6, 6.07) is 32.8. The number of hydrogen-bond donors (Lipinski definition) is 1. The second kappa shape index (κ2) is 13.1. The molecule has 40 heavy (non-hydrogen) atoms. The van der Waals surface area contributed by atoms with Crippen LogP contribution in [0.25, 0.3) is 11.1 Å². The molecule has 0 radical (unpaired) electrons. The van der Waals surface area contributed by atoms with Crippen LogP contribution in [0.1, 0.15) is 72.4 Å². The van der Waals surface area contributed by atoms with E-state index in [9.17, 15) is 9.32 Å². The van der Waals surface area contributed by atoms with Crippen molar-refractivity contribution in [1.29, 1.82) is 0 Å². The molecule has 1 aliphatic carbocycles. The van der Waals surface area contributed by atoms with Gasteiger partial charge in [-0.15, -0.1) is 0 Å². The maximum Gasteiger partial charge on any atom is 0.173 e. The molecule has 0 saturated heterocycles. The minimum atomic E-state index is -1.15. The maximum atomic E-state index is 13.4. The molecule has 5 rings (SSSR count). The van der Waals surface area contributed by atoms with Crippen LogP contribution in [0.2, 0.25) is 0 Å². The van der Waals surface area contributed by atoms with E-state index in [1.165, 1.54) is 33.4 Å². The minimum Gasteiger partial charge on any atom is -0.508 e. The largest absolute Gasteiger partial charge is 0.508 e. The fourth-order valence-electron chi connectivity index (χ4n) is 5.44. The molecule has 0 spiro atoms. The van der Waals surface area contributed by atoms with Crippen LogP contribution in [0.15, 0.2) is 97.1 Å². The lowest BCUT2D eigenvalue weighted by molar-refractivity contribution is 0.266. The van der Waals surface area contributed by atoms with E-state index in [1.54, 1.807) is 6.07 Å². The molecular formula is C36H38O3S. The summed E-state index contributed by atoms with van der Waals surface area (Å²) in [4.78, 5) is 0. The zero-order chi connectivity index (χ0) is 27.9. The van der Waals surface area contributed by atoms with Crippen molar-refractivity contribution in [2.75, 3.05) is 0 Å². The number of fused-ring (bicyclic) bond motifs is 1. The average Bonchev–Trinajstić information content (AvgIpc) is 3.16. The summed E-state index contributed by atoms with van der Waals surface area (Å²) < 4.78 is 19.8. The van der Waals surface area contributed by atoms with Gasteiger partial charge in [0.25, 0.3) is 0 Å². The van der Waals surface area contributed by atoms with E-state index >= 15 is 0 Å². The zero-order valence-corrected chi connectivity index (χ0v) is 24.3. The van der Waals surface area contributed by atoms with Gasteiger partial charge in [-0.2, -0.15) is 0 Å². The van der Waals surface area contributed by atoms with Gasteiger partial charge in [-0.1, -0.05) is 91.7 Å². The van der Waals surface area contributed by atoms with Gasteiger partial charge in [0, 0.05) is 0 Å². The molecule has 0 aliphatic heterocycles. The maximum absolute atomic E-state index is 13.4. The number of phenols is 1. The Kier molecular flexibility index (Phi) is 9.18. The summed E-state index contributed by atoms with van der Waals surface area (Å²) in [5.41, 5.74) is 9.13. The molecule has 4 aromatic carbocycles. The second-order valence-corrected chi connectivity index (χ2v) is 12.2. The number of ether oxygens (including phenoxy) is 1. The summed E-state index contributed by atoms with van der Waals surface area (Å²) in [6.07, 6.45) is 5.68. The van der Waals surface area contributed by atoms with E-state index in [0.717, 1.165) is 55.4 Å².